The van der Waals surface area contributed by atoms with Crippen LogP contribution in [0.4, 0.5) is 8.78 Å². The zero-order valence-corrected chi connectivity index (χ0v) is 14.8. The minimum Gasteiger partial charge on any atom is -0.489 e. The standard InChI is InChI=1S/C21H18ClF2NO/c22-20-5-2-6-21(24)19(20)14-26-18-4-1-3-16(11-18)13-25-12-15-7-9-17(23)10-8-15/h1-11,25H,12-14H2. The Bertz CT molecular complexity index is 848. The Balaban J connectivity index is 1.55. The molecule has 0 atom stereocenters. The fourth-order valence-corrected chi connectivity index (χ4v) is 2.74. The molecule has 0 aliphatic rings. The van der Waals surface area contributed by atoms with Gasteiger partial charge in [0.2, 0.25) is 0 Å². The average molecular weight is 374 g/mol. The van der Waals surface area contributed by atoms with Crippen molar-refractivity contribution >= 4 is 11.6 Å². The third kappa shape index (κ3) is 5.04. The molecule has 134 valence electrons. The molecular formula is C21H18ClF2NO. The third-order valence-corrected chi connectivity index (χ3v) is 4.27. The number of halogens is 3. The van der Waals surface area contributed by atoms with Gasteiger partial charge in [-0.15, -0.1) is 0 Å². The Morgan fingerprint density at radius 2 is 1.58 bits per heavy atom. The first-order valence-electron chi connectivity index (χ1n) is 8.21. The van der Waals surface area contributed by atoms with Crippen molar-refractivity contribution in [2.75, 3.05) is 0 Å². The molecule has 0 radical (unpaired) electrons. The molecule has 3 aromatic carbocycles. The molecule has 0 saturated carbocycles. The first-order chi connectivity index (χ1) is 12.6. The van der Waals surface area contributed by atoms with Gasteiger partial charge < -0.3 is 10.1 Å². The second-order valence-electron chi connectivity index (χ2n) is 5.87. The molecule has 0 unspecified atom stereocenters. The Labute approximate surface area is 156 Å². The van der Waals surface area contributed by atoms with Gasteiger partial charge in [0.15, 0.2) is 0 Å². The summed E-state index contributed by atoms with van der Waals surface area (Å²) in [6.07, 6.45) is 0. The second-order valence-corrected chi connectivity index (χ2v) is 6.27. The van der Waals surface area contributed by atoms with Crippen molar-refractivity contribution in [1.82, 2.24) is 5.32 Å². The predicted octanol–water partition coefficient (Wildman–Crippen LogP) is 5.49. The summed E-state index contributed by atoms with van der Waals surface area (Å²) < 4.78 is 32.4. The van der Waals surface area contributed by atoms with E-state index in [1.165, 1.54) is 18.2 Å². The van der Waals surface area contributed by atoms with Crippen LogP contribution in [0.1, 0.15) is 16.7 Å². The molecule has 0 heterocycles. The molecular weight excluding hydrogens is 356 g/mol. The van der Waals surface area contributed by atoms with Crippen molar-refractivity contribution < 1.29 is 13.5 Å². The molecule has 2 nitrogen and oxygen atoms in total. The van der Waals surface area contributed by atoms with Gasteiger partial charge in [-0.3, -0.25) is 0 Å². The first-order valence-corrected chi connectivity index (χ1v) is 8.59. The number of nitrogens with one attached hydrogen (secondary N) is 1. The molecule has 0 amide bonds. The summed E-state index contributed by atoms with van der Waals surface area (Å²) in [6, 6.07) is 18.5. The van der Waals surface area contributed by atoms with E-state index >= 15 is 0 Å². The van der Waals surface area contributed by atoms with Crippen molar-refractivity contribution in [2.45, 2.75) is 19.7 Å². The van der Waals surface area contributed by atoms with Crippen LogP contribution in [0.5, 0.6) is 5.75 Å². The van der Waals surface area contributed by atoms with Gasteiger partial charge in [0, 0.05) is 18.7 Å². The van der Waals surface area contributed by atoms with Crippen LogP contribution in [-0.4, -0.2) is 0 Å². The molecule has 1 N–H and O–H groups in total. The summed E-state index contributed by atoms with van der Waals surface area (Å²) in [7, 11) is 0. The predicted molar refractivity (Wildman–Crippen MR) is 99.1 cm³/mol. The van der Waals surface area contributed by atoms with Gasteiger partial charge >= 0.3 is 0 Å². The zero-order valence-electron chi connectivity index (χ0n) is 14.0. The summed E-state index contributed by atoms with van der Waals surface area (Å²) in [5.74, 6) is 0.0218. The van der Waals surface area contributed by atoms with Crippen molar-refractivity contribution in [2.24, 2.45) is 0 Å². The number of hydrogen-bond acceptors (Lipinski definition) is 2. The highest BCUT2D eigenvalue weighted by atomic mass is 35.5. The lowest BCUT2D eigenvalue weighted by molar-refractivity contribution is 0.299. The summed E-state index contributed by atoms with van der Waals surface area (Å²) >= 11 is 6.01. The van der Waals surface area contributed by atoms with Crippen LogP contribution in [0.15, 0.2) is 66.7 Å². The van der Waals surface area contributed by atoms with E-state index in [0.29, 0.717) is 29.4 Å². The molecule has 3 aromatic rings. The Kier molecular flexibility index (Phi) is 6.21. The highest BCUT2D eigenvalue weighted by Gasteiger charge is 2.08. The van der Waals surface area contributed by atoms with Crippen molar-refractivity contribution in [3.63, 3.8) is 0 Å². The fourth-order valence-electron chi connectivity index (χ4n) is 2.52. The maximum atomic E-state index is 13.8. The van der Waals surface area contributed by atoms with E-state index in [-0.39, 0.29) is 18.2 Å². The van der Waals surface area contributed by atoms with Crippen LogP contribution < -0.4 is 10.1 Å². The minimum absolute atomic E-state index is 0.0674. The van der Waals surface area contributed by atoms with Gasteiger partial charge in [-0.25, -0.2) is 8.78 Å². The van der Waals surface area contributed by atoms with Gasteiger partial charge in [0.25, 0.3) is 0 Å². The lowest BCUT2D eigenvalue weighted by Crippen LogP contribution is -2.12. The molecule has 3 rings (SSSR count). The molecule has 0 aliphatic heterocycles. The number of rotatable bonds is 7. The molecule has 5 heteroatoms. The largest absolute Gasteiger partial charge is 0.489 e. The van der Waals surface area contributed by atoms with Gasteiger partial charge in [-0.2, -0.15) is 0 Å². The van der Waals surface area contributed by atoms with Crippen LogP contribution in [0.25, 0.3) is 0 Å². The van der Waals surface area contributed by atoms with E-state index in [1.54, 1.807) is 24.3 Å². The van der Waals surface area contributed by atoms with E-state index in [1.807, 2.05) is 24.3 Å². The lowest BCUT2D eigenvalue weighted by Gasteiger charge is -2.11. The Morgan fingerprint density at radius 1 is 0.846 bits per heavy atom. The van der Waals surface area contributed by atoms with Gasteiger partial charge in [0.1, 0.15) is 24.0 Å². The van der Waals surface area contributed by atoms with E-state index < -0.39 is 0 Å². The maximum absolute atomic E-state index is 13.8. The monoisotopic (exact) mass is 373 g/mol. The molecule has 0 fully saturated rings. The molecule has 0 spiro atoms. The van der Waals surface area contributed by atoms with Gasteiger partial charge in [-0.05, 0) is 47.5 Å². The molecule has 0 aromatic heterocycles. The summed E-state index contributed by atoms with van der Waals surface area (Å²) in [5.41, 5.74) is 2.38. The normalized spacial score (nSPS) is 10.7. The van der Waals surface area contributed by atoms with E-state index in [2.05, 4.69) is 5.32 Å². The topological polar surface area (TPSA) is 21.3 Å². The van der Waals surface area contributed by atoms with Crippen LogP contribution in [-0.2, 0) is 19.7 Å². The zero-order chi connectivity index (χ0) is 18.4. The number of benzene rings is 3. The Hall–Kier alpha value is -2.43. The molecule has 0 aliphatic carbocycles. The highest BCUT2D eigenvalue weighted by molar-refractivity contribution is 6.31. The van der Waals surface area contributed by atoms with E-state index in [0.717, 1.165) is 11.1 Å². The molecule has 0 saturated heterocycles. The first kappa shape index (κ1) is 18.4. The Morgan fingerprint density at radius 3 is 2.35 bits per heavy atom. The number of ether oxygens (including phenoxy) is 1. The van der Waals surface area contributed by atoms with Crippen LogP contribution in [0.2, 0.25) is 5.02 Å². The molecule has 26 heavy (non-hydrogen) atoms. The smallest absolute Gasteiger partial charge is 0.131 e. The lowest BCUT2D eigenvalue weighted by atomic mass is 10.2. The SMILES string of the molecule is Fc1ccc(CNCc2cccc(OCc3c(F)cccc3Cl)c2)cc1. The van der Waals surface area contributed by atoms with Gasteiger partial charge in [-0.1, -0.05) is 41.9 Å². The molecule has 0 bridgehead atoms. The van der Waals surface area contributed by atoms with Crippen LogP contribution in [0, 0.1) is 11.6 Å². The van der Waals surface area contributed by atoms with Gasteiger partial charge in [0.05, 0.1) is 5.02 Å². The van der Waals surface area contributed by atoms with Crippen molar-refractivity contribution in [3.8, 4) is 5.75 Å². The van der Waals surface area contributed by atoms with E-state index in [9.17, 15) is 8.78 Å². The van der Waals surface area contributed by atoms with Crippen molar-refractivity contribution in [3.05, 3.63) is 100 Å². The number of hydrogen-bond donors (Lipinski definition) is 1. The average Bonchev–Trinajstić information content (AvgIpc) is 2.63. The highest BCUT2D eigenvalue weighted by Crippen LogP contribution is 2.22. The van der Waals surface area contributed by atoms with E-state index in [4.69, 9.17) is 16.3 Å². The fraction of sp³-hybridized carbons (Fsp3) is 0.143. The third-order valence-electron chi connectivity index (χ3n) is 3.91. The van der Waals surface area contributed by atoms with Crippen molar-refractivity contribution in [1.29, 1.82) is 0 Å². The minimum atomic E-state index is -0.380. The summed E-state index contributed by atoms with van der Waals surface area (Å²) in [5, 5.41) is 3.65. The quantitative estimate of drug-likeness (QED) is 0.591. The maximum Gasteiger partial charge on any atom is 0.131 e. The second kappa shape index (κ2) is 8.79. The van der Waals surface area contributed by atoms with Crippen LogP contribution >= 0.6 is 11.6 Å². The van der Waals surface area contributed by atoms with Crippen LogP contribution in [0.3, 0.4) is 0 Å². The summed E-state index contributed by atoms with van der Waals surface area (Å²) in [6.45, 7) is 1.34. The summed E-state index contributed by atoms with van der Waals surface area (Å²) in [4.78, 5) is 0.